The minimum atomic E-state index is -0.268. The summed E-state index contributed by atoms with van der Waals surface area (Å²) in [7, 11) is 3.43. The van der Waals surface area contributed by atoms with Crippen LogP contribution in [-0.2, 0) is 16.6 Å². The molecule has 1 amide bonds. The van der Waals surface area contributed by atoms with Gasteiger partial charge in [0.1, 0.15) is 11.5 Å². The smallest absolute Gasteiger partial charge is 0.234 e. The second-order valence-electron chi connectivity index (χ2n) is 10.9. The van der Waals surface area contributed by atoms with E-state index >= 15 is 0 Å². The maximum Gasteiger partial charge on any atom is 0.234 e. The number of methoxy groups -OCH3 is 2. The van der Waals surface area contributed by atoms with Crippen molar-refractivity contribution in [3.63, 3.8) is 0 Å². The number of anilines is 1. The topological polar surface area (TPSA) is 54.0 Å². The molecule has 3 aromatic carbocycles. The molecule has 2 aliphatic rings. The van der Waals surface area contributed by atoms with Crippen molar-refractivity contribution in [1.29, 1.82) is 0 Å². The summed E-state index contributed by atoms with van der Waals surface area (Å²) in [5.41, 5.74) is 6.90. The van der Waals surface area contributed by atoms with Crippen molar-refractivity contribution in [2.75, 3.05) is 51.8 Å². The van der Waals surface area contributed by atoms with Crippen LogP contribution in [0.1, 0.15) is 40.8 Å². The van der Waals surface area contributed by atoms with Crippen LogP contribution in [-0.4, -0.2) is 57.8 Å². The maximum atomic E-state index is 13.6. The molecule has 38 heavy (non-hydrogen) atoms. The number of nitrogens with zero attached hydrogens (tertiary/aromatic N) is 2. The van der Waals surface area contributed by atoms with Gasteiger partial charge in [0.2, 0.25) is 5.91 Å². The monoisotopic (exact) mass is 513 g/mol. The molecule has 1 N–H and O–H groups in total. The Balaban J connectivity index is 1.34. The van der Waals surface area contributed by atoms with Crippen LogP contribution in [0.15, 0.2) is 60.7 Å². The van der Waals surface area contributed by atoms with Gasteiger partial charge >= 0.3 is 0 Å². The third-order valence-electron chi connectivity index (χ3n) is 8.41. The highest BCUT2D eigenvalue weighted by Crippen LogP contribution is 2.52. The Kier molecular flexibility index (Phi) is 7.35. The number of hydrogen-bond donors (Lipinski definition) is 1. The lowest BCUT2D eigenvalue weighted by molar-refractivity contribution is -0.123. The number of aryl methyl sites for hydroxylation is 2. The highest BCUT2D eigenvalue weighted by molar-refractivity contribution is 5.79. The van der Waals surface area contributed by atoms with E-state index in [0.29, 0.717) is 6.54 Å². The predicted octanol–water partition coefficient (Wildman–Crippen LogP) is 4.81. The number of hydrogen-bond acceptors (Lipinski definition) is 5. The molecule has 6 heteroatoms. The highest BCUT2D eigenvalue weighted by Gasteiger charge is 2.47. The van der Waals surface area contributed by atoms with Crippen molar-refractivity contribution >= 4 is 11.6 Å². The second-order valence-corrected chi connectivity index (χ2v) is 10.9. The SMILES string of the molecule is COc1cccc(N2CCN(CC(=O)NC3c4c(c(C)cc(C)c4OC)CC3(C)c3ccccc3)CC2)c1. The quantitative estimate of drug-likeness (QED) is 0.491. The normalized spacial score (nSPS) is 21.2. The number of benzene rings is 3. The van der Waals surface area contributed by atoms with Crippen LogP contribution in [0.25, 0.3) is 0 Å². The molecule has 0 saturated carbocycles. The Labute approximate surface area is 226 Å². The Morgan fingerprint density at radius 2 is 1.68 bits per heavy atom. The standard InChI is InChI=1S/C32H39N3O3/c1-22-18-23(2)30(38-5)29-27(22)20-32(3,24-10-7-6-8-11-24)31(29)33-28(36)21-34-14-16-35(17-15-34)25-12-9-13-26(19-25)37-4/h6-13,18-19,31H,14-17,20-21H2,1-5H3,(H,33,36). The van der Waals surface area contributed by atoms with Crippen molar-refractivity contribution in [3.8, 4) is 11.5 Å². The van der Waals surface area contributed by atoms with Gasteiger partial charge in [-0.15, -0.1) is 0 Å². The van der Waals surface area contributed by atoms with Crippen LogP contribution in [0, 0.1) is 13.8 Å². The van der Waals surface area contributed by atoms with Crippen LogP contribution < -0.4 is 19.7 Å². The van der Waals surface area contributed by atoms with E-state index in [1.54, 1.807) is 14.2 Å². The first-order valence-corrected chi connectivity index (χ1v) is 13.5. The third kappa shape index (κ3) is 4.85. The fraction of sp³-hybridized carbons (Fsp3) is 0.406. The molecular weight excluding hydrogens is 474 g/mol. The zero-order chi connectivity index (χ0) is 26.9. The molecule has 1 fully saturated rings. The minimum absolute atomic E-state index is 0.0565. The van der Waals surface area contributed by atoms with E-state index in [1.807, 2.05) is 18.2 Å². The lowest BCUT2D eigenvalue weighted by Gasteiger charge is -2.37. The molecule has 0 bridgehead atoms. The van der Waals surface area contributed by atoms with Crippen molar-refractivity contribution in [2.24, 2.45) is 0 Å². The summed E-state index contributed by atoms with van der Waals surface area (Å²) in [5, 5.41) is 3.47. The number of amides is 1. The molecule has 1 saturated heterocycles. The average molecular weight is 514 g/mol. The number of fused-ring (bicyclic) bond motifs is 1. The van der Waals surface area contributed by atoms with Gasteiger partial charge in [-0.05, 0) is 54.7 Å². The van der Waals surface area contributed by atoms with Gasteiger partial charge in [-0.2, -0.15) is 0 Å². The fourth-order valence-electron chi connectivity index (χ4n) is 6.34. The van der Waals surface area contributed by atoms with Gasteiger partial charge in [0.05, 0.1) is 26.8 Å². The zero-order valence-corrected chi connectivity index (χ0v) is 23.2. The summed E-state index contributed by atoms with van der Waals surface area (Å²) in [6.07, 6.45) is 0.860. The van der Waals surface area contributed by atoms with Crippen LogP contribution >= 0.6 is 0 Å². The van der Waals surface area contributed by atoms with Gasteiger partial charge < -0.3 is 19.7 Å². The van der Waals surface area contributed by atoms with Crippen molar-refractivity contribution in [3.05, 3.63) is 88.5 Å². The van der Waals surface area contributed by atoms with Crippen LogP contribution in [0.3, 0.4) is 0 Å². The summed E-state index contributed by atoms with van der Waals surface area (Å²) >= 11 is 0. The van der Waals surface area contributed by atoms with Gasteiger partial charge in [0, 0.05) is 48.9 Å². The van der Waals surface area contributed by atoms with E-state index in [1.165, 1.54) is 16.7 Å². The maximum absolute atomic E-state index is 13.6. The molecule has 0 radical (unpaired) electrons. The predicted molar refractivity (Wildman–Crippen MR) is 152 cm³/mol. The van der Waals surface area contributed by atoms with Crippen LogP contribution in [0.2, 0.25) is 0 Å². The third-order valence-corrected chi connectivity index (χ3v) is 8.41. The summed E-state index contributed by atoms with van der Waals surface area (Å²) in [5.74, 6) is 1.81. The molecule has 5 rings (SSSR count). The van der Waals surface area contributed by atoms with Crippen molar-refractivity contribution in [1.82, 2.24) is 10.2 Å². The Hall–Kier alpha value is -3.51. The molecule has 200 valence electrons. The Morgan fingerprint density at radius 1 is 0.947 bits per heavy atom. The molecule has 2 atom stereocenters. The zero-order valence-electron chi connectivity index (χ0n) is 23.2. The number of carbonyl (C=O) groups is 1. The number of carbonyl (C=O) groups excluding carboxylic acids is 1. The van der Waals surface area contributed by atoms with E-state index in [-0.39, 0.29) is 17.4 Å². The average Bonchev–Trinajstić information content (AvgIpc) is 3.23. The first kappa shape index (κ1) is 26.1. The molecule has 0 aromatic heterocycles. The largest absolute Gasteiger partial charge is 0.497 e. The molecular formula is C32H39N3O3. The van der Waals surface area contributed by atoms with E-state index in [2.05, 4.69) is 78.4 Å². The van der Waals surface area contributed by atoms with Gasteiger partial charge in [-0.3, -0.25) is 9.69 Å². The van der Waals surface area contributed by atoms with Gasteiger partial charge in [0.25, 0.3) is 0 Å². The number of nitrogens with one attached hydrogen (secondary N) is 1. The van der Waals surface area contributed by atoms with E-state index < -0.39 is 0 Å². The first-order chi connectivity index (χ1) is 18.3. The second kappa shape index (κ2) is 10.7. The minimum Gasteiger partial charge on any atom is -0.497 e. The van der Waals surface area contributed by atoms with Crippen molar-refractivity contribution < 1.29 is 14.3 Å². The lowest BCUT2D eigenvalue weighted by Crippen LogP contribution is -2.50. The van der Waals surface area contributed by atoms with E-state index in [4.69, 9.17) is 9.47 Å². The summed E-state index contributed by atoms with van der Waals surface area (Å²) in [4.78, 5) is 18.2. The molecule has 3 aromatic rings. The number of piperazine rings is 1. The molecule has 2 unspecified atom stereocenters. The Morgan fingerprint density at radius 3 is 2.37 bits per heavy atom. The number of rotatable bonds is 7. The summed E-state index contributed by atoms with van der Waals surface area (Å²) in [6, 6.07) is 20.8. The first-order valence-electron chi connectivity index (χ1n) is 13.5. The van der Waals surface area contributed by atoms with Crippen LogP contribution in [0.4, 0.5) is 5.69 Å². The number of ether oxygens (including phenoxy) is 2. The molecule has 1 aliphatic heterocycles. The lowest BCUT2D eigenvalue weighted by atomic mass is 9.76. The van der Waals surface area contributed by atoms with Crippen molar-refractivity contribution in [2.45, 2.75) is 38.6 Å². The molecule has 1 aliphatic carbocycles. The highest BCUT2D eigenvalue weighted by atomic mass is 16.5. The van der Waals surface area contributed by atoms with Crippen LogP contribution in [0.5, 0.6) is 11.5 Å². The van der Waals surface area contributed by atoms with Gasteiger partial charge in [-0.1, -0.05) is 49.4 Å². The van der Waals surface area contributed by atoms with E-state index in [0.717, 1.165) is 60.9 Å². The summed E-state index contributed by atoms with van der Waals surface area (Å²) in [6.45, 7) is 10.3. The van der Waals surface area contributed by atoms with Gasteiger partial charge in [0.15, 0.2) is 0 Å². The molecule has 6 nitrogen and oxygen atoms in total. The molecule has 1 heterocycles. The Bertz CT molecular complexity index is 1300. The fourth-order valence-corrected chi connectivity index (χ4v) is 6.34. The molecule has 0 spiro atoms. The van der Waals surface area contributed by atoms with E-state index in [9.17, 15) is 4.79 Å². The van der Waals surface area contributed by atoms with Gasteiger partial charge in [-0.25, -0.2) is 0 Å². The summed E-state index contributed by atoms with van der Waals surface area (Å²) < 4.78 is 11.3.